The number of hydrogen-bond acceptors (Lipinski definition) is 5. The lowest BCUT2D eigenvalue weighted by atomic mass is 10.1. The molecule has 1 unspecified atom stereocenters. The van der Waals surface area contributed by atoms with Crippen molar-refractivity contribution in [2.75, 3.05) is 11.9 Å². The number of pyridine rings is 1. The van der Waals surface area contributed by atoms with Gasteiger partial charge in [0.1, 0.15) is 17.6 Å². The molecule has 1 aromatic carbocycles. The molecule has 28 heavy (non-hydrogen) atoms. The summed E-state index contributed by atoms with van der Waals surface area (Å²) in [6, 6.07) is 13.3. The highest BCUT2D eigenvalue weighted by Gasteiger charge is 2.18. The minimum Gasteiger partial charge on any atom is -0.494 e. The fourth-order valence-corrected chi connectivity index (χ4v) is 2.69. The Bertz CT molecular complexity index is 1030. The minimum absolute atomic E-state index is 0.352. The number of rotatable bonds is 6. The first kappa shape index (κ1) is 19.3. The molecular weight excluding hydrogens is 356 g/mol. The smallest absolute Gasteiger partial charge is 0.267 e. The average molecular weight is 378 g/mol. The second-order valence-electron chi connectivity index (χ2n) is 6.34. The van der Waals surface area contributed by atoms with Crippen molar-refractivity contribution in [3.63, 3.8) is 0 Å². The number of aromatic nitrogens is 3. The predicted molar refractivity (Wildman–Crippen MR) is 107 cm³/mol. The van der Waals surface area contributed by atoms with E-state index in [0.29, 0.717) is 18.1 Å². The number of amides is 1. The summed E-state index contributed by atoms with van der Waals surface area (Å²) in [7, 11) is 0. The van der Waals surface area contributed by atoms with Crippen molar-refractivity contribution >= 4 is 11.7 Å². The van der Waals surface area contributed by atoms with Crippen LogP contribution in [-0.2, 0) is 4.79 Å². The third kappa shape index (κ3) is 4.43. The Balaban J connectivity index is 1.84. The maximum atomic E-state index is 12.6. The van der Waals surface area contributed by atoms with Gasteiger partial charge in [0.15, 0.2) is 0 Å². The van der Waals surface area contributed by atoms with Crippen LogP contribution in [-0.4, -0.2) is 27.3 Å². The molecule has 3 aromatic rings. The van der Waals surface area contributed by atoms with Crippen LogP contribution in [0.1, 0.15) is 25.5 Å². The van der Waals surface area contributed by atoms with Crippen molar-refractivity contribution in [3.8, 4) is 17.0 Å². The molecule has 3 rings (SSSR count). The van der Waals surface area contributed by atoms with Crippen LogP contribution < -0.4 is 15.6 Å². The van der Waals surface area contributed by atoms with Crippen molar-refractivity contribution < 1.29 is 9.53 Å². The summed E-state index contributed by atoms with van der Waals surface area (Å²) in [6.07, 6.45) is 1.62. The highest BCUT2D eigenvalue weighted by Crippen LogP contribution is 2.20. The molecule has 144 valence electrons. The Morgan fingerprint density at radius 3 is 2.61 bits per heavy atom. The number of nitrogens with zero attached hydrogens (tertiary/aromatic N) is 3. The van der Waals surface area contributed by atoms with Gasteiger partial charge in [0.2, 0.25) is 5.91 Å². The predicted octanol–water partition coefficient (Wildman–Crippen LogP) is 3.21. The normalized spacial score (nSPS) is 11.7. The van der Waals surface area contributed by atoms with Gasteiger partial charge in [0.25, 0.3) is 5.56 Å². The maximum Gasteiger partial charge on any atom is 0.267 e. The fourth-order valence-electron chi connectivity index (χ4n) is 2.69. The summed E-state index contributed by atoms with van der Waals surface area (Å²) in [5.41, 5.74) is 2.04. The zero-order valence-electron chi connectivity index (χ0n) is 16.0. The van der Waals surface area contributed by atoms with Crippen LogP contribution in [0.2, 0.25) is 0 Å². The van der Waals surface area contributed by atoms with E-state index >= 15 is 0 Å². The van der Waals surface area contributed by atoms with Gasteiger partial charge in [-0.05, 0) is 68.8 Å². The summed E-state index contributed by atoms with van der Waals surface area (Å²) in [5, 5.41) is 7.10. The van der Waals surface area contributed by atoms with E-state index in [1.165, 1.54) is 10.7 Å². The molecule has 0 bridgehead atoms. The molecule has 0 saturated carbocycles. The van der Waals surface area contributed by atoms with E-state index in [4.69, 9.17) is 4.74 Å². The van der Waals surface area contributed by atoms with Crippen molar-refractivity contribution in [2.45, 2.75) is 26.8 Å². The highest BCUT2D eigenvalue weighted by atomic mass is 16.5. The van der Waals surface area contributed by atoms with E-state index in [2.05, 4.69) is 15.4 Å². The van der Waals surface area contributed by atoms with Gasteiger partial charge in [-0.3, -0.25) is 9.59 Å². The minimum atomic E-state index is -0.794. The SMILES string of the molecule is CCOc1ccc(-c2ccc(=O)n(C(C)C(=O)Nc3cc(C)ccn3)n2)cc1. The number of anilines is 1. The molecule has 0 fully saturated rings. The molecule has 0 aliphatic carbocycles. The summed E-state index contributed by atoms with van der Waals surface area (Å²) < 4.78 is 6.62. The van der Waals surface area contributed by atoms with Gasteiger partial charge in [-0.15, -0.1) is 0 Å². The molecule has 0 saturated heterocycles. The van der Waals surface area contributed by atoms with E-state index in [9.17, 15) is 9.59 Å². The van der Waals surface area contributed by atoms with E-state index in [1.54, 1.807) is 25.3 Å². The summed E-state index contributed by atoms with van der Waals surface area (Å²) in [5.74, 6) is 0.835. The van der Waals surface area contributed by atoms with Crippen molar-refractivity contribution in [3.05, 3.63) is 70.6 Å². The van der Waals surface area contributed by atoms with E-state index < -0.39 is 6.04 Å². The van der Waals surface area contributed by atoms with Crippen LogP contribution >= 0.6 is 0 Å². The maximum absolute atomic E-state index is 12.6. The van der Waals surface area contributed by atoms with E-state index in [0.717, 1.165) is 16.9 Å². The monoisotopic (exact) mass is 378 g/mol. The van der Waals surface area contributed by atoms with E-state index in [1.807, 2.05) is 44.2 Å². The van der Waals surface area contributed by atoms with Gasteiger partial charge < -0.3 is 10.1 Å². The van der Waals surface area contributed by atoms with Gasteiger partial charge in [-0.1, -0.05) is 0 Å². The Morgan fingerprint density at radius 2 is 1.93 bits per heavy atom. The molecule has 1 N–H and O–H groups in total. The number of carbonyl (C=O) groups is 1. The number of aryl methyl sites for hydroxylation is 1. The van der Waals surface area contributed by atoms with Gasteiger partial charge >= 0.3 is 0 Å². The van der Waals surface area contributed by atoms with Crippen molar-refractivity contribution in [1.82, 2.24) is 14.8 Å². The summed E-state index contributed by atoms with van der Waals surface area (Å²) in [6.45, 7) is 6.05. The number of nitrogens with one attached hydrogen (secondary N) is 1. The lowest BCUT2D eigenvalue weighted by Crippen LogP contribution is -2.33. The van der Waals surface area contributed by atoms with Crippen molar-refractivity contribution in [1.29, 1.82) is 0 Å². The zero-order valence-corrected chi connectivity index (χ0v) is 16.0. The Hall–Kier alpha value is -3.48. The molecule has 0 aliphatic heterocycles. The van der Waals surface area contributed by atoms with Crippen LogP contribution in [0, 0.1) is 6.92 Å². The fraction of sp³-hybridized carbons (Fsp3) is 0.238. The zero-order chi connectivity index (χ0) is 20.1. The lowest BCUT2D eigenvalue weighted by molar-refractivity contribution is -0.119. The molecule has 7 nitrogen and oxygen atoms in total. The largest absolute Gasteiger partial charge is 0.494 e. The quantitative estimate of drug-likeness (QED) is 0.712. The second-order valence-corrected chi connectivity index (χ2v) is 6.34. The molecule has 0 aliphatic rings. The first-order valence-corrected chi connectivity index (χ1v) is 9.04. The first-order valence-electron chi connectivity index (χ1n) is 9.04. The molecule has 2 heterocycles. The van der Waals surface area contributed by atoms with Gasteiger partial charge in [-0.2, -0.15) is 5.10 Å². The van der Waals surface area contributed by atoms with Crippen LogP contribution in [0.25, 0.3) is 11.3 Å². The van der Waals surface area contributed by atoms with Gasteiger partial charge in [0, 0.05) is 17.8 Å². The first-order chi connectivity index (χ1) is 13.5. The second kappa shape index (κ2) is 8.47. The molecule has 7 heteroatoms. The summed E-state index contributed by atoms with van der Waals surface area (Å²) >= 11 is 0. The molecule has 2 aromatic heterocycles. The Morgan fingerprint density at radius 1 is 1.18 bits per heavy atom. The number of carbonyl (C=O) groups excluding carboxylic acids is 1. The average Bonchev–Trinajstić information content (AvgIpc) is 2.69. The molecule has 1 atom stereocenters. The van der Waals surface area contributed by atoms with Crippen LogP contribution in [0.15, 0.2) is 59.5 Å². The van der Waals surface area contributed by atoms with Gasteiger partial charge in [0.05, 0.1) is 12.3 Å². The van der Waals surface area contributed by atoms with Crippen LogP contribution in [0.3, 0.4) is 0 Å². The highest BCUT2D eigenvalue weighted by molar-refractivity contribution is 5.92. The number of ether oxygens (including phenoxy) is 1. The Labute approximate surface area is 163 Å². The number of hydrogen-bond donors (Lipinski definition) is 1. The Kier molecular flexibility index (Phi) is 5.84. The van der Waals surface area contributed by atoms with Crippen LogP contribution in [0.5, 0.6) is 5.75 Å². The standard InChI is InChI=1S/C21H22N4O3/c1-4-28-17-7-5-16(6-8-17)18-9-10-20(26)25(24-18)15(3)21(27)23-19-13-14(2)11-12-22-19/h5-13,15H,4H2,1-3H3,(H,22,23,27). The molecule has 0 spiro atoms. The number of benzene rings is 1. The lowest BCUT2D eigenvalue weighted by Gasteiger charge is -2.15. The van der Waals surface area contributed by atoms with Crippen molar-refractivity contribution in [2.24, 2.45) is 0 Å². The molecule has 1 amide bonds. The van der Waals surface area contributed by atoms with Crippen LogP contribution in [0.4, 0.5) is 5.82 Å². The van der Waals surface area contributed by atoms with Gasteiger partial charge in [-0.25, -0.2) is 9.67 Å². The third-order valence-corrected chi connectivity index (χ3v) is 4.20. The molecular formula is C21H22N4O3. The third-order valence-electron chi connectivity index (χ3n) is 4.20. The van der Waals surface area contributed by atoms with E-state index in [-0.39, 0.29) is 11.5 Å². The molecule has 0 radical (unpaired) electrons. The summed E-state index contributed by atoms with van der Waals surface area (Å²) in [4.78, 5) is 29.0. The topological polar surface area (TPSA) is 86.1 Å².